The van der Waals surface area contributed by atoms with Crippen LogP contribution in [0.1, 0.15) is 20.7 Å². The Balaban J connectivity index is 2.45. The zero-order valence-electron chi connectivity index (χ0n) is 12.2. The Bertz CT molecular complexity index is 878. The van der Waals surface area contributed by atoms with Gasteiger partial charge in [0.25, 0.3) is 0 Å². The highest BCUT2D eigenvalue weighted by Crippen LogP contribution is 2.34. The van der Waals surface area contributed by atoms with Crippen molar-refractivity contribution in [2.75, 3.05) is 0 Å². The molecule has 0 bridgehead atoms. The second-order valence-electron chi connectivity index (χ2n) is 4.64. The molecule has 26 heavy (non-hydrogen) atoms. The number of alkyl halides is 3. The minimum absolute atomic E-state index is 0.126. The highest BCUT2D eigenvalue weighted by Gasteiger charge is 2.33. The fourth-order valence-electron chi connectivity index (χ4n) is 1.78. The summed E-state index contributed by atoms with van der Waals surface area (Å²) in [6.07, 6.45) is -5.24. The van der Waals surface area contributed by atoms with Gasteiger partial charge in [-0.1, -0.05) is 0 Å². The third-order valence-corrected chi connectivity index (χ3v) is 2.82. The fourth-order valence-corrected chi connectivity index (χ4v) is 1.78. The molecule has 2 aromatic rings. The number of aromatic carboxylic acids is 1. The number of carboxylic acids is 1. The van der Waals surface area contributed by atoms with Crippen LogP contribution in [0.25, 0.3) is 0 Å². The predicted octanol–water partition coefficient (Wildman–Crippen LogP) is 2.59. The molecule has 0 amide bonds. The highest BCUT2D eigenvalue weighted by atomic mass is 19.4. The van der Waals surface area contributed by atoms with Crippen LogP contribution in [-0.2, 0) is 0 Å². The number of carbonyl (C=O) groups is 2. The number of carbonyl (C=O) groups excluding carboxylic acids is 2. The molecular weight excluding hydrogens is 374 g/mol. The third-order valence-electron chi connectivity index (χ3n) is 2.82. The van der Waals surface area contributed by atoms with E-state index in [0.29, 0.717) is 18.2 Å². The first-order chi connectivity index (χ1) is 12.0. The minimum atomic E-state index is -5.24. The Kier molecular flexibility index (Phi) is 5.10. The van der Waals surface area contributed by atoms with E-state index >= 15 is 0 Å². The largest absolute Gasteiger partial charge is 0.573 e. The maximum absolute atomic E-state index is 13.6. The first-order valence-electron chi connectivity index (χ1n) is 6.46. The first-order valence-corrected chi connectivity index (χ1v) is 6.46. The SMILES string of the molecule is O=C([O-])c1ccc(OC(F)(F)F)c(OC(=O)c2cc(F)cc(F)c2F)c1. The molecule has 0 saturated heterocycles. The molecule has 0 aromatic heterocycles. The highest BCUT2D eigenvalue weighted by molar-refractivity contribution is 5.92. The first kappa shape index (κ1) is 19.1. The van der Waals surface area contributed by atoms with Crippen molar-refractivity contribution in [2.45, 2.75) is 6.36 Å². The molecule has 2 rings (SSSR count). The number of carboxylic acid groups (broad SMARTS) is 1. The van der Waals surface area contributed by atoms with Gasteiger partial charge < -0.3 is 19.4 Å². The Labute approximate surface area is 140 Å². The molecule has 138 valence electrons. The molecule has 0 N–H and O–H groups in total. The van der Waals surface area contributed by atoms with Crippen molar-refractivity contribution >= 4 is 11.9 Å². The van der Waals surface area contributed by atoms with E-state index in [1.165, 1.54) is 0 Å². The molecule has 5 nitrogen and oxygen atoms in total. The quantitative estimate of drug-likeness (QED) is 0.353. The normalized spacial score (nSPS) is 11.2. The maximum atomic E-state index is 13.6. The number of ether oxygens (including phenoxy) is 2. The van der Waals surface area contributed by atoms with Gasteiger partial charge in [-0.3, -0.25) is 0 Å². The summed E-state index contributed by atoms with van der Waals surface area (Å²) in [5.74, 6) is -10.8. The van der Waals surface area contributed by atoms with Crippen LogP contribution < -0.4 is 14.6 Å². The monoisotopic (exact) mass is 379 g/mol. The van der Waals surface area contributed by atoms with E-state index in [-0.39, 0.29) is 12.1 Å². The van der Waals surface area contributed by atoms with Crippen LogP contribution in [0.3, 0.4) is 0 Å². The molecule has 0 spiro atoms. The molecule has 0 heterocycles. The van der Waals surface area contributed by atoms with Crippen LogP contribution in [-0.4, -0.2) is 18.3 Å². The second kappa shape index (κ2) is 6.94. The molecule has 0 saturated carbocycles. The van der Waals surface area contributed by atoms with Crippen molar-refractivity contribution in [2.24, 2.45) is 0 Å². The van der Waals surface area contributed by atoms with Gasteiger partial charge in [-0.05, 0) is 24.3 Å². The molecule has 0 aliphatic carbocycles. The molecular formula is C15H5F6O5-. The number of hydrogen-bond acceptors (Lipinski definition) is 5. The van der Waals surface area contributed by atoms with Gasteiger partial charge in [0.1, 0.15) is 11.4 Å². The number of rotatable bonds is 4. The van der Waals surface area contributed by atoms with E-state index in [2.05, 4.69) is 9.47 Å². The van der Waals surface area contributed by atoms with Crippen molar-refractivity contribution in [3.05, 3.63) is 58.9 Å². The van der Waals surface area contributed by atoms with Crippen molar-refractivity contribution in [3.63, 3.8) is 0 Å². The zero-order chi connectivity index (χ0) is 19.6. The summed E-state index contributed by atoms with van der Waals surface area (Å²) in [4.78, 5) is 22.6. The van der Waals surface area contributed by atoms with Crippen molar-refractivity contribution in [1.82, 2.24) is 0 Å². The van der Waals surface area contributed by atoms with Gasteiger partial charge in [-0.15, -0.1) is 13.2 Å². The molecule has 0 fully saturated rings. The summed E-state index contributed by atoms with van der Waals surface area (Å²) < 4.78 is 84.9. The molecule has 0 unspecified atom stereocenters. The molecule has 0 aliphatic rings. The van der Waals surface area contributed by atoms with E-state index in [0.717, 1.165) is 0 Å². The van der Waals surface area contributed by atoms with Crippen molar-refractivity contribution in [3.8, 4) is 11.5 Å². The summed E-state index contributed by atoms with van der Waals surface area (Å²) in [5.41, 5.74) is -1.97. The van der Waals surface area contributed by atoms with Gasteiger partial charge in [0.2, 0.25) is 0 Å². The summed E-state index contributed by atoms with van der Waals surface area (Å²) in [6, 6.07) is 1.97. The Hall–Kier alpha value is -3.24. The van der Waals surface area contributed by atoms with Crippen LogP contribution in [0.5, 0.6) is 11.5 Å². The zero-order valence-corrected chi connectivity index (χ0v) is 12.2. The lowest BCUT2D eigenvalue weighted by atomic mass is 10.2. The average Bonchev–Trinajstić information content (AvgIpc) is 2.50. The number of halogens is 6. The average molecular weight is 379 g/mol. The molecule has 0 radical (unpaired) electrons. The van der Waals surface area contributed by atoms with Crippen molar-refractivity contribution in [1.29, 1.82) is 0 Å². The van der Waals surface area contributed by atoms with Gasteiger partial charge in [0.15, 0.2) is 23.1 Å². The Morgan fingerprint density at radius 1 is 0.962 bits per heavy atom. The van der Waals surface area contributed by atoms with Crippen LogP contribution in [0.15, 0.2) is 30.3 Å². The summed E-state index contributed by atoms with van der Waals surface area (Å²) >= 11 is 0. The van der Waals surface area contributed by atoms with E-state index in [9.17, 15) is 41.0 Å². The van der Waals surface area contributed by atoms with Gasteiger partial charge in [-0.2, -0.15) is 0 Å². The van der Waals surface area contributed by atoms with E-state index in [1.54, 1.807) is 0 Å². The van der Waals surface area contributed by atoms with Crippen LogP contribution >= 0.6 is 0 Å². The Morgan fingerprint density at radius 2 is 1.62 bits per heavy atom. The lowest BCUT2D eigenvalue weighted by molar-refractivity contribution is -0.275. The van der Waals surface area contributed by atoms with E-state index in [1.807, 2.05) is 0 Å². The molecule has 11 heteroatoms. The summed E-state index contributed by atoms with van der Waals surface area (Å²) in [5, 5.41) is 10.8. The molecule has 2 aromatic carbocycles. The standard InChI is InChI=1S/C15H6F6O5/c16-7-4-8(12(18)9(17)5-7)14(24)25-11-3-6(13(22)23)1-2-10(11)26-15(19,20)21/h1-5H,(H,22,23)/p-1. The number of esters is 1. The van der Waals surface area contributed by atoms with Crippen LogP contribution in [0.4, 0.5) is 26.3 Å². The second-order valence-corrected chi connectivity index (χ2v) is 4.64. The lowest BCUT2D eigenvalue weighted by Gasteiger charge is -2.15. The number of benzene rings is 2. The fraction of sp³-hybridized carbons (Fsp3) is 0.0667. The van der Waals surface area contributed by atoms with Gasteiger partial charge >= 0.3 is 12.3 Å². The topological polar surface area (TPSA) is 75.7 Å². The van der Waals surface area contributed by atoms with E-state index < -0.39 is 58.4 Å². The smallest absolute Gasteiger partial charge is 0.545 e. The summed E-state index contributed by atoms with van der Waals surface area (Å²) in [7, 11) is 0. The molecule has 0 aliphatic heterocycles. The predicted molar refractivity (Wildman–Crippen MR) is 68.7 cm³/mol. The minimum Gasteiger partial charge on any atom is -0.545 e. The molecule has 0 atom stereocenters. The van der Waals surface area contributed by atoms with Gasteiger partial charge in [0.05, 0.1) is 5.97 Å². The van der Waals surface area contributed by atoms with Gasteiger partial charge in [0, 0.05) is 11.6 Å². The van der Waals surface area contributed by atoms with Crippen LogP contribution in [0.2, 0.25) is 0 Å². The van der Waals surface area contributed by atoms with Crippen LogP contribution in [0, 0.1) is 17.5 Å². The number of hydrogen-bond donors (Lipinski definition) is 0. The van der Waals surface area contributed by atoms with Gasteiger partial charge in [-0.25, -0.2) is 18.0 Å². The van der Waals surface area contributed by atoms with E-state index in [4.69, 9.17) is 0 Å². The summed E-state index contributed by atoms with van der Waals surface area (Å²) in [6.45, 7) is 0. The van der Waals surface area contributed by atoms with Crippen molar-refractivity contribution < 1.29 is 50.5 Å². The Morgan fingerprint density at radius 3 is 2.19 bits per heavy atom. The lowest BCUT2D eigenvalue weighted by Crippen LogP contribution is -2.23. The third kappa shape index (κ3) is 4.43. The maximum Gasteiger partial charge on any atom is 0.573 e.